The van der Waals surface area contributed by atoms with Crippen LogP contribution in [0.5, 0.6) is 0 Å². The van der Waals surface area contributed by atoms with Crippen LogP contribution in [0.1, 0.15) is 90.9 Å². The summed E-state index contributed by atoms with van der Waals surface area (Å²) in [4.78, 5) is 35.9. The highest BCUT2D eigenvalue weighted by Crippen LogP contribution is 2.05. The lowest BCUT2D eigenvalue weighted by Crippen LogP contribution is -2.52. The van der Waals surface area contributed by atoms with Gasteiger partial charge in [-0.2, -0.15) is 0 Å². The third kappa shape index (κ3) is 15.2. The molecule has 7 heteroatoms. The number of hydrazine groups is 1. The van der Waals surface area contributed by atoms with E-state index in [1.165, 1.54) is 25.7 Å². The lowest BCUT2D eigenvalue weighted by Gasteiger charge is -2.22. The standard InChI is InChI=1S/C20H40N4O3/c1-3-5-7-9-11-13-15-22-19(26)17-24(20(27)16-21)23-18(25)14-12-10-8-6-4-2/h3-17,21H2,1-2H3,(H,22,26)(H,23,25). The molecule has 0 aliphatic heterocycles. The van der Waals surface area contributed by atoms with Gasteiger partial charge in [0, 0.05) is 13.0 Å². The van der Waals surface area contributed by atoms with E-state index in [0.717, 1.165) is 50.0 Å². The summed E-state index contributed by atoms with van der Waals surface area (Å²) in [5.74, 6) is -1.00. The molecule has 0 aliphatic rings. The minimum absolute atomic E-state index is 0.201. The maximum absolute atomic E-state index is 12.0. The van der Waals surface area contributed by atoms with Crippen molar-refractivity contribution in [3.63, 3.8) is 0 Å². The van der Waals surface area contributed by atoms with Crippen LogP contribution in [0, 0.1) is 0 Å². The Morgan fingerprint density at radius 1 is 0.778 bits per heavy atom. The van der Waals surface area contributed by atoms with Gasteiger partial charge in [-0.15, -0.1) is 0 Å². The first-order valence-corrected chi connectivity index (χ1v) is 10.6. The van der Waals surface area contributed by atoms with Gasteiger partial charge < -0.3 is 11.1 Å². The Kier molecular flexibility index (Phi) is 16.7. The van der Waals surface area contributed by atoms with Gasteiger partial charge in [0.2, 0.25) is 11.8 Å². The van der Waals surface area contributed by atoms with Gasteiger partial charge in [-0.25, -0.2) is 5.01 Å². The van der Waals surface area contributed by atoms with E-state index in [1.807, 2.05) is 0 Å². The predicted molar refractivity (Wildman–Crippen MR) is 109 cm³/mol. The van der Waals surface area contributed by atoms with Crippen molar-refractivity contribution in [2.75, 3.05) is 19.6 Å². The zero-order valence-corrected chi connectivity index (χ0v) is 17.4. The van der Waals surface area contributed by atoms with Crippen molar-refractivity contribution < 1.29 is 14.4 Å². The van der Waals surface area contributed by atoms with E-state index in [4.69, 9.17) is 5.73 Å². The van der Waals surface area contributed by atoms with Crippen LogP contribution < -0.4 is 16.5 Å². The molecule has 0 aromatic heterocycles. The number of carbonyl (C=O) groups is 3. The van der Waals surface area contributed by atoms with Crippen molar-refractivity contribution in [3.8, 4) is 0 Å². The molecule has 0 heterocycles. The van der Waals surface area contributed by atoms with Crippen LogP contribution in [0.4, 0.5) is 0 Å². The average Bonchev–Trinajstić information content (AvgIpc) is 2.66. The van der Waals surface area contributed by atoms with Gasteiger partial charge in [0.1, 0.15) is 6.54 Å². The molecule has 0 unspecified atom stereocenters. The second kappa shape index (κ2) is 17.8. The second-order valence-corrected chi connectivity index (χ2v) is 7.00. The molecule has 0 radical (unpaired) electrons. The first-order chi connectivity index (χ1) is 13.0. The molecule has 0 spiro atoms. The van der Waals surface area contributed by atoms with Crippen LogP contribution in [0.15, 0.2) is 0 Å². The summed E-state index contributed by atoms with van der Waals surface area (Å²) in [5.41, 5.74) is 7.90. The van der Waals surface area contributed by atoms with Crippen LogP contribution in [-0.2, 0) is 14.4 Å². The van der Waals surface area contributed by atoms with Gasteiger partial charge >= 0.3 is 0 Å². The molecule has 0 bridgehead atoms. The van der Waals surface area contributed by atoms with E-state index in [9.17, 15) is 14.4 Å². The molecule has 0 aliphatic carbocycles. The summed E-state index contributed by atoms with van der Waals surface area (Å²) in [5, 5.41) is 3.83. The number of rotatable bonds is 16. The number of nitrogens with zero attached hydrogens (tertiary/aromatic N) is 1. The molecule has 3 amide bonds. The molecule has 27 heavy (non-hydrogen) atoms. The van der Waals surface area contributed by atoms with Gasteiger partial charge in [0.05, 0.1) is 6.54 Å². The molecule has 0 saturated heterocycles. The topological polar surface area (TPSA) is 105 Å². The van der Waals surface area contributed by atoms with Crippen molar-refractivity contribution in [1.82, 2.24) is 15.8 Å². The van der Waals surface area contributed by atoms with Crippen molar-refractivity contribution in [3.05, 3.63) is 0 Å². The van der Waals surface area contributed by atoms with Gasteiger partial charge in [-0.05, 0) is 12.8 Å². The Labute approximate surface area is 164 Å². The molecular weight excluding hydrogens is 344 g/mol. The first kappa shape index (κ1) is 25.4. The van der Waals surface area contributed by atoms with E-state index in [2.05, 4.69) is 24.6 Å². The van der Waals surface area contributed by atoms with Gasteiger partial charge in [-0.1, -0.05) is 71.6 Å². The van der Waals surface area contributed by atoms with Crippen LogP contribution in [0.3, 0.4) is 0 Å². The van der Waals surface area contributed by atoms with E-state index < -0.39 is 5.91 Å². The Bertz CT molecular complexity index is 416. The fourth-order valence-electron chi connectivity index (χ4n) is 2.73. The Balaban J connectivity index is 4.08. The third-order valence-electron chi connectivity index (χ3n) is 4.40. The molecule has 0 fully saturated rings. The summed E-state index contributed by atoms with van der Waals surface area (Å²) >= 11 is 0. The molecule has 0 rings (SSSR count). The monoisotopic (exact) mass is 384 g/mol. The molecule has 7 nitrogen and oxygen atoms in total. The summed E-state index contributed by atoms with van der Waals surface area (Å²) in [6.45, 7) is 4.45. The zero-order valence-electron chi connectivity index (χ0n) is 17.4. The van der Waals surface area contributed by atoms with Crippen LogP contribution >= 0.6 is 0 Å². The molecule has 0 aromatic rings. The van der Waals surface area contributed by atoms with E-state index in [-0.39, 0.29) is 24.9 Å². The molecule has 4 N–H and O–H groups in total. The molecule has 0 aromatic carbocycles. The fraction of sp³-hybridized carbons (Fsp3) is 0.850. The average molecular weight is 385 g/mol. The molecular formula is C20H40N4O3. The van der Waals surface area contributed by atoms with Gasteiger partial charge in [0.15, 0.2) is 0 Å². The summed E-state index contributed by atoms with van der Waals surface area (Å²) in [6, 6.07) is 0. The van der Waals surface area contributed by atoms with Crippen molar-refractivity contribution >= 4 is 17.7 Å². The smallest absolute Gasteiger partial charge is 0.255 e. The number of amides is 3. The highest BCUT2D eigenvalue weighted by atomic mass is 16.2. The van der Waals surface area contributed by atoms with E-state index >= 15 is 0 Å². The number of carbonyl (C=O) groups excluding carboxylic acids is 3. The highest BCUT2D eigenvalue weighted by Gasteiger charge is 2.18. The van der Waals surface area contributed by atoms with Gasteiger partial charge in [0.25, 0.3) is 5.91 Å². The Morgan fingerprint density at radius 3 is 1.93 bits per heavy atom. The highest BCUT2D eigenvalue weighted by molar-refractivity contribution is 5.87. The SMILES string of the molecule is CCCCCCCCNC(=O)CN(NC(=O)CCCCCCC)C(=O)CN. The normalized spacial score (nSPS) is 10.5. The third-order valence-corrected chi connectivity index (χ3v) is 4.40. The minimum atomic E-state index is -0.468. The van der Waals surface area contributed by atoms with E-state index in [1.54, 1.807) is 0 Å². The minimum Gasteiger partial charge on any atom is -0.354 e. The zero-order chi connectivity index (χ0) is 20.3. The maximum atomic E-state index is 12.0. The number of hydrogen-bond donors (Lipinski definition) is 3. The number of unbranched alkanes of at least 4 members (excludes halogenated alkanes) is 9. The Hall–Kier alpha value is -1.63. The van der Waals surface area contributed by atoms with Crippen molar-refractivity contribution in [2.45, 2.75) is 90.9 Å². The summed E-state index contributed by atoms with van der Waals surface area (Å²) < 4.78 is 0. The summed E-state index contributed by atoms with van der Waals surface area (Å²) in [7, 11) is 0. The first-order valence-electron chi connectivity index (χ1n) is 10.6. The van der Waals surface area contributed by atoms with Crippen LogP contribution in [0.2, 0.25) is 0 Å². The molecule has 158 valence electrons. The number of nitrogens with two attached hydrogens (primary N) is 1. The van der Waals surface area contributed by atoms with Crippen LogP contribution in [-0.4, -0.2) is 42.4 Å². The molecule has 0 atom stereocenters. The maximum Gasteiger partial charge on any atom is 0.255 e. The fourth-order valence-corrected chi connectivity index (χ4v) is 2.73. The second-order valence-electron chi connectivity index (χ2n) is 7.00. The molecule has 0 saturated carbocycles. The van der Waals surface area contributed by atoms with Gasteiger partial charge in [-0.3, -0.25) is 19.8 Å². The van der Waals surface area contributed by atoms with Crippen LogP contribution in [0.25, 0.3) is 0 Å². The van der Waals surface area contributed by atoms with E-state index in [0.29, 0.717) is 13.0 Å². The Morgan fingerprint density at radius 2 is 1.33 bits per heavy atom. The number of nitrogens with one attached hydrogen (secondary N) is 2. The lowest BCUT2D eigenvalue weighted by molar-refractivity contribution is -0.143. The summed E-state index contributed by atoms with van der Waals surface area (Å²) in [6.07, 6.45) is 12.4. The lowest BCUT2D eigenvalue weighted by atomic mass is 10.1. The van der Waals surface area contributed by atoms with Crippen molar-refractivity contribution in [2.24, 2.45) is 5.73 Å². The van der Waals surface area contributed by atoms with Crippen molar-refractivity contribution in [1.29, 1.82) is 0 Å². The quantitative estimate of drug-likeness (QED) is 0.281. The number of hydrogen-bond acceptors (Lipinski definition) is 4. The largest absolute Gasteiger partial charge is 0.354 e. The predicted octanol–water partition coefficient (Wildman–Crippen LogP) is 2.64.